The Kier molecular flexibility index (Phi) is 3.66. The number of hydrogen-bond acceptors (Lipinski definition) is 3. The van der Waals surface area contributed by atoms with Crippen molar-refractivity contribution < 1.29 is 4.42 Å². The van der Waals surface area contributed by atoms with Crippen LogP contribution in [0.25, 0.3) is 0 Å². The van der Waals surface area contributed by atoms with Crippen LogP contribution in [0.3, 0.4) is 0 Å². The van der Waals surface area contributed by atoms with Gasteiger partial charge in [0.15, 0.2) is 0 Å². The SMILES string of the molecule is Cc1cc(C)c(C(C)Cc2n[nH]c(=S)o2)c(C)c1. The molecule has 0 aliphatic heterocycles. The Balaban J connectivity index is 2.29. The lowest BCUT2D eigenvalue weighted by Crippen LogP contribution is -2.04. The first kappa shape index (κ1) is 13.0. The monoisotopic (exact) mass is 262 g/mol. The molecule has 0 saturated heterocycles. The Bertz CT molecular complexity index is 589. The van der Waals surface area contributed by atoms with Crippen molar-refractivity contribution >= 4 is 12.2 Å². The van der Waals surface area contributed by atoms with Crippen molar-refractivity contribution in [3.63, 3.8) is 0 Å². The zero-order valence-corrected chi connectivity index (χ0v) is 12.0. The molecule has 1 aromatic carbocycles. The minimum Gasteiger partial charge on any atom is -0.414 e. The molecular weight excluding hydrogens is 244 g/mol. The standard InChI is InChI=1S/C14H18N2OS/c1-8-5-9(2)13(10(3)6-8)11(4)7-12-15-16-14(18)17-12/h5-6,11H,7H2,1-4H3,(H,16,18). The zero-order valence-electron chi connectivity index (χ0n) is 11.2. The molecule has 1 unspecified atom stereocenters. The summed E-state index contributed by atoms with van der Waals surface area (Å²) in [6, 6.07) is 4.44. The summed E-state index contributed by atoms with van der Waals surface area (Å²) in [6.45, 7) is 8.64. The minimum absolute atomic E-state index is 0.342. The summed E-state index contributed by atoms with van der Waals surface area (Å²) in [5.74, 6) is 1.04. The van der Waals surface area contributed by atoms with E-state index in [4.69, 9.17) is 16.6 Å². The average Bonchev–Trinajstić information content (AvgIpc) is 2.62. The fourth-order valence-electron chi connectivity index (χ4n) is 2.68. The largest absolute Gasteiger partial charge is 0.414 e. The van der Waals surface area contributed by atoms with Crippen molar-refractivity contribution in [1.29, 1.82) is 0 Å². The fraction of sp³-hybridized carbons (Fsp3) is 0.429. The molecule has 1 N–H and O–H groups in total. The molecule has 0 radical (unpaired) electrons. The first-order valence-corrected chi connectivity index (χ1v) is 6.50. The Morgan fingerprint density at radius 3 is 2.39 bits per heavy atom. The highest BCUT2D eigenvalue weighted by Gasteiger charge is 2.15. The van der Waals surface area contributed by atoms with Gasteiger partial charge >= 0.3 is 0 Å². The number of benzene rings is 1. The van der Waals surface area contributed by atoms with E-state index < -0.39 is 0 Å². The molecule has 0 fully saturated rings. The summed E-state index contributed by atoms with van der Waals surface area (Å²) in [7, 11) is 0. The van der Waals surface area contributed by atoms with Crippen LogP contribution in [0.5, 0.6) is 0 Å². The second kappa shape index (κ2) is 5.06. The van der Waals surface area contributed by atoms with Crippen molar-refractivity contribution in [1.82, 2.24) is 10.2 Å². The van der Waals surface area contributed by atoms with Gasteiger partial charge in [-0.25, -0.2) is 5.10 Å². The number of aryl methyl sites for hydroxylation is 3. The lowest BCUT2D eigenvalue weighted by Gasteiger charge is -2.17. The van der Waals surface area contributed by atoms with Crippen molar-refractivity contribution in [2.45, 2.75) is 40.0 Å². The molecular formula is C14H18N2OS. The Hall–Kier alpha value is -1.42. The maximum Gasteiger partial charge on any atom is 0.284 e. The number of nitrogens with zero attached hydrogens (tertiary/aromatic N) is 1. The summed E-state index contributed by atoms with van der Waals surface area (Å²) < 4.78 is 5.33. The van der Waals surface area contributed by atoms with Crippen LogP contribution in [-0.4, -0.2) is 10.2 Å². The molecule has 1 heterocycles. The highest BCUT2D eigenvalue weighted by atomic mass is 32.1. The van der Waals surface area contributed by atoms with Crippen molar-refractivity contribution in [3.05, 3.63) is 45.1 Å². The molecule has 1 atom stereocenters. The second-order valence-electron chi connectivity index (χ2n) is 4.92. The number of hydrogen-bond donors (Lipinski definition) is 1. The number of aromatic nitrogens is 2. The predicted octanol–water partition coefficient (Wildman–Crippen LogP) is 4.00. The first-order chi connectivity index (χ1) is 8.47. The van der Waals surface area contributed by atoms with E-state index in [2.05, 4.69) is 50.0 Å². The van der Waals surface area contributed by atoms with E-state index >= 15 is 0 Å². The van der Waals surface area contributed by atoms with Gasteiger partial charge < -0.3 is 4.42 Å². The van der Waals surface area contributed by atoms with E-state index in [1.165, 1.54) is 22.3 Å². The summed E-state index contributed by atoms with van der Waals surface area (Å²) in [6.07, 6.45) is 0.762. The molecule has 0 amide bonds. The molecule has 2 aromatic rings. The smallest absolute Gasteiger partial charge is 0.284 e. The van der Waals surface area contributed by atoms with Crippen molar-refractivity contribution in [2.75, 3.05) is 0 Å². The third kappa shape index (κ3) is 2.70. The maximum absolute atomic E-state index is 5.33. The first-order valence-electron chi connectivity index (χ1n) is 6.09. The van der Waals surface area contributed by atoms with Gasteiger partial charge in [-0.15, -0.1) is 5.10 Å². The zero-order chi connectivity index (χ0) is 13.3. The maximum atomic E-state index is 5.33. The third-order valence-corrected chi connectivity index (χ3v) is 3.37. The molecule has 3 nitrogen and oxygen atoms in total. The van der Waals surface area contributed by atoms with Crippen molar-refractivity contribution in [2.24, 2.45) is 0 Å². The van der Waals surface area contributed by atoms with Crippen LogP contribution < -0.4 is 0 Å². The molecule has 2 rings (SSSR count). The highest BCUT2D eigenvalue weighted by Crippen LogP contribution is 2.27. The quantitative estimate of drug-likeness (QED) is 0.850. The van der Waals surface area contributed by atoms with Gasteiger partial charge in [0.05, 0.1) is 0 Å². The Morgan fingerprint density at radius 1 is 1.28 bits per heavy atom. The number of nitrogens with one attached hydrogen (secondary N) is 1. The van der Waals surface area contributed by atoms with E-state index in [1.54, 1.807) is 0 Å². The van der Waals surface area contributed by atoms with Crippen LogP contribution in [0.15, 0.2) is 16.5 Å². The fourth-order valence-corrected chi connectivity index (χ4v) is 2.82. The van der Waals surface area contributed by atoms with Gasteiger partial charge in [0.1, 0.15) is 0 Å². The average molecular weight is 262 g/mol. The van der Waals surface area contributed by atoms with Crippen LogP contribution in [-0.2, 0) is 6.42 Å². The van der Waals surface area contributed by atoms with E-state index in [9.17, 15) is 0 Å². The summed E-state index contributed by atoms with van der Waals surface area (Å²) in [4.78, 5) is 0.342. The summed E-state index contributed by atoms with van der Waals surface area (Å²) >= 11 is 4.89. The third-order valence-electron chi connectivity index (χ3n) is 3.19. The molecule has 4 heteroatoms. The highest BCUT2D eigenvalue weighted by molar-refractivity contribution is 7.71. The van der Waals surface area contributed by atoms with E-state index in [0.717, 1.165) is 6.42 Å². The van der Waals surface area contributed by atoms with E-state index in [-0.39, 0.29) is 0 Å². The molecule has 0 aliphatic rings. The number of rotatable bonds is 3. The lowest BCUT2D eigenvalue weighted by molar-refractivity contribution is 0.465. The second-order valence-corrected chi connectivity index (χ2v) is 5.30. The minimum atomic E-state index is 0.342. The Morgan fingerprint density at radius 2 is 1.89 bits per heavy atom. The van der Waals surface area contributed by atoms with Crippen LogP contribution in [0.1, 0.15) is 41.0 Å². The van der Waals surface area contributed by atoms with Gasteiger partial charge in [-0.2, -0.15) is 0 Å². The summed E-state index contributed by atoms with van der Waals surface area (Å²) in [5, 5.41) is 6.72. The lowest BCUT2D eigenvalue weighted by atomic mass is 9.88. The van der Waals surface area contributed by atoms with E-state index in [0.29, 0.717) is 16.6 Å². The molecule has 0 aliphatic carbocycles. The van der Waals surface area contributed by atoms with Gasteiger partial charge in [-0.3, -0.25) is 0 Å². The Labute approximate surface area is 112 Å². The van der Waals surface area contributed by atoms with Gasteiger partial charge in [0.25, 0.3) is 4.84 Å². The summed E-state index contributed by atoms with van der Waals surface area (Å²) in [5.41, 5.74) is 5.34. The molecule has 1 aromatic heterocycles. The van der Waals surface area contributed by atoms with Crippen LogP contribution in [0.4, 0.5) is 0 Å². The van der Waals surface area contributed by atoms with Crippen LogP contribution in [0, 0.1) is 25.6 Å². The van der Waals surface area contributed by atoms with Gasteiger partial charge in [-0.1, -0.05) is 24.6 Å². The normalized spacial score (nSPS) is 12.7. The molecule has 18 heavy (non-hydrogen) atoms. The molecule has 0 bridgehead atoms. The van der Waals surface area contributed by atoms with Crippen LogP contribution in [0.2, 0.25) is 0 Å². The van der Waals surface area contributed by atoms with Gasteiger partial charge in [0, 0.05) is 6.42 Å². The van der Waals surface area contributed by atoms with Crippen LogP contribution >= 0.6 is 12.2 Å². The number of H-pyrrole nitrogens is 1. The molecule has 0 spiro atoms. The van der Waals surface area contributed by atoms with Gasteiger partial charge in [-0.05, 0) is 55.6 Å². The van der Waals surface area contributed by atoms with Gasteiger partial charge in [0.2, 0.25) is 5.89 Å². The van der Waals surface area contributed by atoms with Crippen molar-refractivity contribution in [3.8, 4) is 0 Å². The van der Waals surface area contributed by atoms with E-state index in [1.807, 2.05) is 0 Å². The molecule has 96 valence electrons. The topological polar surface area (TPSA) is 41.8 Å². The molecule has 0 saturated carbocycles. The number of aromatic amines is 1. The predicted molar refractivity (Wildman–Crippen MR) is 74.5 cm³/mol.